The molecule has 2 rings (SSSR count). The van der Waals surface area contributed by atoms with Gasteiger partial charge in [0.1, 0.15) is 0 Å². The van der Waals surface area contributed by atoms with Gasteiger partial charge in [-0.1, -0.05) is 12.1 Å². The second-order valence-corrected chi connectivity index (χ2v) is 7.20. The Bertz CT molecular complexity index is 545. The van der Waals surface area contributed by atoms with Gasteiger partial charge in [-0.2, -0.15) is 4.31 Å². The molecule has 1 aromatic carbocycles. The zero-order valence-electron chi connectivity index (χ0n) is 11.5. The monoisotopic (exact) mass is 298 g/mol. The number of rotatable bonds is 6. The predicted octanol–water partition coefficient (Wildman–Crippen LogP) is 1.34. The van der Waals surface area contributed by atoms with Crippen molar-refractivity contribution in [2.75, 3.05) is 18.9 Å². The van der Waals surface area contributed by atoms with Crippen molar-refractivity contribution in [1.29, 1.82) is 0 Å². The molecule has 1 fully saturated rings. The summed E-state index contributed by atoms with van der Waals surface area (Å²) in [4.78, 5) is 0. The van der Waals surface area contributed by atoms with Gasteiger partial charge in [0, 0.05) is 24.9 Å². The number of benzene rings is 1. The fraction of sp³-hybridized carbons (Fsp3) is 0.571. The molecular weight excluding hydrogens is 276 g/mol. The fourth-order valence-electron chi connectivity index (χ4n) is 2.77. The molecule has 6 heteroatoms. The van der Waals surface area contributed by atoms with Crippen molar-refractivity contribution in [2.45, 2.75) is 37.5 Å². The van der Waals surface area contributed by atoms with Gasteiger partial charge in [-0.05, 0) is 43.4 Å². The van der Waals surface area contributed by atoms with E-state index in [1.54, 1.807) is 28.6 Å². The first-order valence-corrected chi connectivity index (χ1v) is 8.58. The van der Waals surface area contributed by atoms with Crippen LogP contribution in [-0.2, 0) is 15.8 Å². The van der Waals surface area contributed by atoms with Crippen LogP contribution in [0.4, 0.5) is 5.69 Å². The lowest BCUT2D eigenvalue weighted by Crippen LogP contribution is -2.36. The zero-order chi connectivity index (χ0) is 14.6. The highest BCUT2D eigenvalue weighted by Gasteiger charge is 2.33. The van der Waals surface area contributed by atoms with Crippen molar-refractivity contribution < 1.29 is 13.5 Å². The van der Waals surface area contributed by atoms with Gasteiger partial charge in [0.05, 0.1) is 5.75 Å². The standard InChI is InChI=1S/C14H22N2O3S/c15-13-5-1-4-12(10-13)11-20(18,19)16-8-2-6-14(16)7-3-9-17/h1,4-5,10,14,17H,2-3,6-9,11,15H2. The van der Waals surface area contributed by atoms with E-state index in [9.17, 15) is 8.42 Å². The summed E-state index contributed by atoms with van der Waals surface area (Å²) >= 11 is 0. The predicted molar refractivity (Wildman–Crippen MR) is 79.5 cm³/mol. The van der Waals surface area contributed by atoms with E-state index in [4.69, 9.17) is 10.8 Å². The van der Waals surface area contributed by atoms with E-state index in [2.05, 4.69) is 0 Å². The summed E-state index contributed by atoms with van der Waals surface area (Å²) in [6, 6.07) is 7.04. The zero-order valence-corrected chi connectivity index (χ0v) is 12.3. The van der Waals surface area contributed by atoms with Crippen molar-refractivity contribution in [3.05, 3.63) is 29.8 Å². The van der Waals surface area contributed by atoms with Crippen LogP contribution in [0.25, 0.3) is 0 Å². The van der Waals surface area contributed by atoms with E-state index < -0.39 is 10.0 Å². The van der Waals surface area contributed by atoms with Crippen molar-refractivity contribution in [2.24, 2.45) is 0 Å². The summed E-state index contributed by atoms with van der Waals surface area (Å²) in [6.07, 6.45) is 3.16. The molecule has 1 aliphatic rings. The summed E-state index contributed by atoms with van der Waals surface area (Å²) in [5, 5.41) is 8.90. The largest absolute Gasteiger partial charge is 0.399 e. The molecule has 0 aliphatic carbocycles. The van der Waals surface area contributed by atoms with E-state index >= 15 is 0 Å². The van der Waals surface area contributed by atoms with Crippen LogP contribution in [0.5, 0.6) is 0 Å². The Labute approximate surface area is 120 Å². The Morgan fingerprint density at radius 1 is 1.40 bits per heavy atom. The van der Waals surface area contributed by atoms with Crippen LogP contribution in [0.3, 0.4) is 0 Å². The molecule has 3 N–H and O–H groups in total. The third-order valence-electron chi connectivity index (χ3n) is 3.68. The van der Waals surface area contributed by atoms with Gasteiger partial charge in [0.25, 0.3) is 0 Å². The number of aliphatic hydroxyl groups is 1. The number of anilines is 1. The smallest absolute Gasteiger partial charge is 0.218 e. The molecule has 0 spiro atoms. The highest BCUT2D eigenvalue weighted by Crippen LogP contribution is 2.26. The van der Waals surface area contributed by atoms with Crippen molar-refractivity contribution in [3.8, 4) is 0 Å². The van der Waals surface area contributed by atoms with Crippen LogP contribution in [0.1, 0.15) is 31.2 Å². The maximum absolute atomic E-state index is 12.5. The van der Waals surface area contributed by atoms with Crippen LogP contribution < -0.4 is 5.73 Å². The van der Waals surface area contributed by atoms with E-state index in [0.717, 1.165) is 24.8 Å². The quantitative estimate of drug-likeness (QED) is 0.776. The lowest BCUT2D eigenvalue weighted by Gasteiger charge is -2.24. The minimum atomic E-state index is -3.31. The maximum atomic E-state index is 12.5. The molecule has 20 heavy (non-hydrogen) atoms. The minimum Gasteiger partial charge on any atom is -0.399 e. The van der Waals surface area contributed by atoms with Gasteiger partial charge in [0.15, 0.2) is 0 Å². The molecule has 1 heterocycles. The first kappa shape index (κ1) is 15.3. The average molecular weight is 298 g/mol. The Morgan fingerprint density at radius 2 is 2.20 bits per heavy atom. The van der Waals surface area contributed by atoms with Crippen LogP contribution in [0.2, 0.25) is 0 Å². The molecule has 0 amide bonds. The molecule has 0 saturated carbocycles. The normalized spacial score (nSPS) is 20.4. The van der Waals surface area contributed by atoms with Gasteiger partial charge in [-0.25, -0.2) is 8.42 Å². The van der Waals surface area contributed by atoms with E-state index in [-0.39, 0.29) is 18.4 Å². The SMILES string of the molecule is Nc1cccc(CS(=O)(=O)N2CCCC2CCCO)c1. The van der Waals surface area contributed by atoms with Gasteiger partial charge in [0.2, 0.25) is 10.0 Å². The molecule has 1 atom stereocenters. The topological polar surface area (TPSA) is 83.6 Å². The summed E-state index contributed by atoms with van der Waals surface area (Å²) in [5.41, 5.74) is 6.99. The van der Waals surface area contributed by atoms with Gasteiger partial charge < -0.3 is 10.8 Å². The number of nitrogens with zero attached hydrogens (tertiary/aromatic N) is 1. The van der Waals surface area contributed by atoms with Gasteiger partial charge >= 0.3 is 0 Å². The third-order valence-corrected chi connectivity index (χ3v) is 5.57. The Kier molecular flexibility index (Phi) is 5.01. The molecular formula is C14H22N2O3S. The summed E-state index contributed by atoms with van der Waals surface area (Å²) in [5.74, 6) is -0.00628. The molecule has 1 unspecified atom stereocenters. The number of nitrogen functional groups attached to an aromatic ring is 1. The fourth-order valence-corrected chi connectivity index (χ4v) is 4.61. The van der Waals surface area contributed by atoms with Crippen LogP contribution in [-0.4, -0.2) is 37.0 Å². The molecule has 0 bridgehead atoms. The molecule has 1 aliphatic heterocycles. The number of nitrogens with two attached hydrogens (primary N) is 1. The first-order chi connectivity index (χ1) is 9.53. The summed E-state index contributed by atoms with van der Waals surface area (Å²) in [7, 11) is -3.31. The number of sulfonamides is 1. The maximum Gasteiger partial charge on any atom is 0.218 e. The number of hydrogen-bond acceptors (Lipinski definition) is 4. The Morgan fingerprint density at radius 3 is 2.90 bits per heavy atom. The lowest BCUT2D eigenvalue weighted by atomic mass is 10.1. The van der Waals surface area contributed by atoms with Crippen LogP contribution >= 0.6 is 0 Å². The van der Waals surface area contributed by atoms with Gasteiger partial charge in [-0.15, -0.1) is 0 Å². The summed E-state index contributed by atoms with van der Waals surface area (Å²) < 4.78 is 26.6. The highest BCUT2D eigenvalue weighted by atomic mass is 32.2. The van der Waals surface area contributed by atoms with Crippen LogP contribution in [0, 0.1) is 0 Å². The third kappa shape index (κ3) is 3.71. The number of aliphatic hydroxyl groups excluding tert-OH is 1. The van der Waals surface area contributed by atoms with Crippen LogP contribution in [0.15, 0.2) is 24.3 Å². The highest BCUT2D eigenvalue weighted by molar-refractivity contribution is 7.88. The molecule has 5 nitrogen and oxygen atoms in total. The Balaban J connectivity index is 2.09. The molecule has 0 aromatic heterocycles. The molecule has 1 saturated heterocycles. The van der Waals surface area contributed by atoms with Gasteiger partial charge in [-0.3, -0.25) is 0 Å². The van der Waals surface area contributed by atoms with E-state index in [1.165, 1.54) is 0 Å². The second-order valence-electron chi connectivity index (χ2n) is 5.27. The minimum absolute atomic E-state index is 0.00628. The van der Waals surface area contributed by atoms with Crippen molar-refractivity contribution >= 4 is 15.7 Å². The van der Waals surface area contributed by atoms with Crippen molar-refractivity contribution in [3.63, 3.8) is 0 Å². The number of hydrogen-bond donors (Lipinski definition) is 2. The molecule has 0 radical (unpaired) electrons. The van der Waals surface area contributed by atoms with Crippen molar-refractivity contribution in [1.82, 2.24) is 4.31 Å². The molecule has 112 valence electrons. The van der Waals surface area contributed by atoms with E-state index in [0.29, 0.717) is 18.7 Å². The second kappa shape index (κ2) is 6.56. The first-order valence-electron chi connectivity index (χ1n) is 6.98. The Hall–Kier alpha value is -1.11. The lowest BCUT2D eigenvalue weighted by molar-refractivity contribution is 0.264. The molecule has 1 aromatic rings. The summed E-state index contributed by atoms with van der Waals surface area (Å²) in [6.45, 7) is 0.695. The van der Waals surface area contributed by atoms with E-state index in [1.807, 2.05) is 0 Å². The average Bonchev–Trinajstić information content (AvgIpc) is 2.85.